The van der Waals surface area contributed by atoms with E-state index in [1.54, 1.807) is 36.5 Å². The van der Waals surface area contributed by atoms with Gasteiger partial charge in [0.05, 0.1) is 16.3 Å². The van der Waals surface area contributed by atoms with Crippen molar-refractivity contribution in [1.29, 1.82) is 0 Å². The van der Waals surface area contributed by atoms with Gasteiger partial charge in [-0.05, 0) is 60.6 Å². The number of likely N-dealkylation sites (N-methyl/N-ethyl adjacent to an activating group) is 1. The molecule has 1 aliphatic rings. The minimum absolute atomic E-state index is 0.00871. The molecule has 0 saturated carbocycles. The van der Waals surface area contributed by atoms with Crippen molar-refractivity contribution in [1.82, 2.24) is 14.8 Å². The number of piperazine rings is 1. The molecule has 1 fully saturated rings. The van der Waals surface area contributed by atoms with Gasteiger partial charge in [-0.2, -0.15) is 13.2 Å². The lowest BCUT2D eigenvalue weighted by molar-refractivity contribution is -0.138. The fraction of sp³-hybridized carbons (Fsp3) is 0.250. The fourth-order valence-corrected chi connectivity index (χ4v) is 4.43. The summed E-state index contributed by atoms with van der Waals surface area (Å²) in [4.78, 5) is 32.3. The summed E-state index contributed by atoms with van der Waals surface area (Å²) in [6.45, 7) is 6.53. The number of nitrogens with zero attached hydrogens (tertiary/aromatic N) is 3. The number of rotatable bonds is 7. The molecule has 8 nitrogen and oxygen atoms in total. The Balaban J connectivity index is 1.42. The van der Waals surface area contributed by atoms with Gasteiger partial charge in [-0.15, -0.1) is 0 Å². The second-order valence-corrected chi connectivity index (χ2v) is 9.76. The van der Waals surface area contributed by atoms with Crippen LogP contribution < -0.4 is 16.0 Å². The summed E-state index contributed by atoms with van der Waals surface area (Å²) in [7, 11) is 1.98. The van der Waals surface area contributed by atoms with Crippen LogP contribution in [0.5, 0.6) is 0 Å². The van der Waals surface area contributed by atoms with E-state index in [4.69, 9.17) is 11.6 Å². The van der Waals surface area contributed by atoms with Crippen LogP contribution in [-0.4, -0.2) is 59.9 Å². The van der Waals surface area contributed by atoms with Gasteiger partial charge in [0.1, 0.15) is 5.82 Å². The van der Waals surface area contributed by atoms with Crippen LogP contribution >= 0.6 is 11.6 Å². The molecule has 210 valence electrons. The highest BCUT2D eigenvalue weighted by Gasteiger charge is 2.34. The average molecular weight is 573 g/mol. The lowest BCUT2D eigenvalue weighted by atomic mass is 10.0. The molecule has 1 aliphatic heterocycles. The van der Waals surface area contributed by atoms with E-state index in [0.717, 1.165) is 25.2 Å². The molecular formula is C28H28ClF3N6O2. The van der Waals surface area contributed by atoms with E-state index in [1.165, 1.54) is 12.1 Å². The Labute approximate surface area is 234 Å². The van der Waals surface area contributed by atoms with Crippen LogP contribution in [0.2, 0.25) is 5.02 Å². The van der Waals surface area contributed by atoms with Crippen molar-refractivity contribution in [2.75, 3.05) is 49.2 Å². The number of hydrogen-bond acceptors (Lipinski definition) is 5. The molecule has 0 unspecified atom stereocenters. The monoisotopic (exact) mass is 572 g/mol. The van der Waals surface area contributed by atoms with Crippen molar-refractivity contribution in [2.45, 2.75) is 12.7 Å². The highest BCUT2D eigenvalue weighted by atomic mass is 35.5. The zero-order valence-electron chi connectivity index (χ0n) is 21.7. The van der Waals surface area contributed by atoms with Crippen LogP contribution in [0.3, 0.4) is 0 Å². The summed E-state index contributed by atoms with van der Waals surface area (Å²) < 4.78 is 41.6. The lowest BCUT2D eigenvalue weighted by Crippen LogP contribution is -2.44. The second kappa shape index (κ2) is 12.5. The number of nitrogens with one attached hydrogen (secondary N) is 3. The Kier molecular flexibility index (Phi) is 9.08. The zero-order valence-corrected chi connectivity index (χ0v) is 22.4. The van der Waals surface area contributed by atoms with E-state index in [9.17, 15) is 22.8 Å². The van der Waals surface area contributed by atoms with Crippen LogP contribution in [0.15, 0.2) is 67.4 Å². The van der Waals surface area contributed by atoms with Crippen molar-refractivity contribution in [3.8, 4) is 11.1 Å². The normalized spacial score (nSPS) is 14.4. The summed E-state index contributed by atoms with van der Waals surface area (Å²) in [5.74, 6) is -0.0241. The van der Waals surface area contributed by atoms with Crippen LogP contribution in [0.1, 0.15) is 11.1 Å². The molecule has 3 amide bonds. The zero-order chi connectivity index (χ0) is 28.9. The molecule has 2 aromatic carbocycles. The fourth-order valence-electron chi connectivity index (χ4n) is 4.20. The van der Waals surface area contributed by atoms with E-state index < -0.39 is 17.8 Å². The number of pyridine rings is 1. The van der Waals surface area contributed by atoms with E-state index in [1.807, 2.05) is 11.9 Å². The van der Waals surface area contributed by atoms with Gasteiger partial charge in [0.15, 0.2) is 0 Å². The third kappa shape index (κ3) is 7.59. The quantitative estimate of drug-likeness (QED) is 0.305. The van der Waals surface area contributed by atoms with Gasteiger partial charge in [-0.25, -0.2) is 9.78 Å². The summed E-state index contributed by atoms with van der Waals surface area (Å²) >= 11 is 6.37. The van der Waals surface area contributed by atoms with Gasteiger partial charge in [-0.3, -0.25) is 9.69 Å². The first-order chi connectivity index (χ1) is 19.0. The third-order valence-corrected chi connectivity index (χ3v) is 6.73. The minimum Gasteiger partial charge on any atom is -0.308 e. The summed E-state index contributed by atoms with van der Waals surface area (Å²) in [6, 6.07) is 11.3. The molecule has 1 saturated heterocycles. The van der Waals surface area contributed by atoms with E-state index in [0.29, 0.717) is 30.0 Å². The summed E-state index contributed by atoms with van der Waals surface area (Å²) in [6.07, 6.45) is -1.88. The number of aromatic nitrogens is 1. The SMILES string of the molecule is C=CC(=O)Nc1ccc(-c2ccc(NC(=O)Nc3ccc(CN4CCN(C)CC4)c(C(F)(F)F)c3)c(Cl)c2)cn1. The third-order valence-electron chi connectivity index (χ3n) is 6.41. The van der Waals surface area contributed by atoms with Gasteiger partial charge in [-0.1, -0.05) is 30.3 Å². The van der Waals surface area contributed by atoms with Crippen molar-refractivity contribution in [3.63, 3.8) is 0 Å². The Morgan fingerprint density at radius 3 is 2.35 bits per heavy atom. The van der Waals surface area contributed by atoms with Crippen LogP contribution in [0.4, 0.5) is 35.2 Å². The van der Waals surface area contributed by atoms with Crippen molar-refractivity contribution < 1.29 is 22.8 Å². The molecule has 0 atom stereocenters. The number of carbonyl (C=O) groups excluding carboxylic acids is 2. The molecule has 0 radical (unpaired) electrons. The number of halogens is 4. The Hall–Kier alpha value is -3.93. The number of carbonyl (C=O) groups is 2. The molecule has 3 aromatic rings. The van der Waals surface area contributed by atoms with Gasteiger partial charge in [0, 0.05) is 50.2 Å². The highest BCUT2D eigenvalue weighted by molar-refractivity contribution is 6.34. The van der Waals surface area contributed by atoms with Crippen LogP contribution in [0, 0.1) is 0 Å². The van der Waals surface area contributed by atoms with Crippen molar-refractivity contribution in [3.05, 3.63) is 83.5 Å². The topological polar surface area (TPSA) is 89.6 Å². The molecular weight excluding hydrogens is 545 g/mol. The Morgan fingerprint density at radius 2 is 1.73 bits per heavy atom. The summed E-state index contributed by atoms with van der Waals surface area (Å²) in [5, 5.41) is 7.80. The van der Waals surface area contributed by atoms with Gasteiger partial charge < -0.3 is 20.9 Å². The number of hydrogen-bond donors (Lipinski definition) is 3. The number of urea groups is 1. The van der Waals surface area contributed by atoms with Crippen molar-refractivity contribution >= 4 is 40.7 Å². The largest absolute Gasteiger partial charge is 0.416 e. The first-order valence-corrected chi connectivity index (χ1v) is 12.8. The maximum atomic E-state index is 13.9. The molecule has 1 aromatic heterocycles. The average Bonchev–Trinajstić information content (AvgIpc) is 2.91. The molecule has 2 heterocycles. The number of benzene rings is 2. The predicted octanol–water partition coefficient (Wildman–Crippen LogP) is 5.94. The Bertz CT molecular complexity index is 1390. The van der Waals surface area contributed by atoms with E-state index in [2.05, 4.69) is 32.4 Å². The number of alkyl halides is 3. The second-order valence-electron chi connectivity index (χ2n) is 9.35. The highest BCUT2D eigenvalue weighted by Crippen LogP contribution is 2.35. The smallest absolute Gasteiger partial charge is 0.308 e. The molecule has 12 heteroatoms. The first kappa shape index (κ1) is 29.1. The Morgan fingerprint density at radius 1 is 1.00 bits per heavy atom. The molecule has 3 N–H and O–H groups in total. The predicted molar refractivity (Wildman–Crippen MR) is 150 cm³/mol. The molecule has 0 bridgehead atoms. The van der Waals surface area contributed by atoms with Gasteiger partial charge in [0.25, 0.3) is 0 Å². The summed E-state index contributed by atoms with van der Waals surface area (Å²) in [5.41, 5.74) is 1.08. The van der Waals surface area contributed by atoms with Crippen molar-refractivity contribution in [2.24, 2.45) is 0 Å². The molecule has 0 spiro atoms. The van der Waals surface area contributed by atoms with Gasteiger partial charge in [0.2, 0.25) is 5.91 Å². The van der Waals surface area contributed by atoms with E-state index >= 15 is 0 Å². The molecule has 40 heavy (non-hydrogen) atoms. The van der Waals surface area contributed by atoms with Crippen LogP contribution in [0.25, 0.3) is 11.1 Å². The lowest BCUT2D eigenvalue weighted by Gasteiger charge is -2.33. The molecule has 0 aliphatic carbocycles. The number of amides is 3. The maximum Gasteiger partial charge on any atom is 0.416 e. The maximum absolute atomic E-state index is 13.9. The van der Waals surface area contributed by atoms with Crippen LogP contribution in [-0.2, 0) is 17.5 Å². The van der Waals surface area contributed by atoms with E-state index in [-0.39, 0.29) is 34.4 Å². The standard InChI is InChI=1S/C28H28ClF3N6O2/c1-3-26(39)36-25-9-6-19(16-33-25)18-5-8-24(23(29)14-18)35-27(40)34-21-7-4-20(22(15-21)28(30,31)32)17-38-12-10-37(2)11-13-38/h3-9,14-16H,1,10-13,17H2,2H3,(H,33,36,39)(H2,34,35,40). The minimum atomic E-state index is -4.57. The first-order valence-electron chi connectivity index (χ1n) is 12.4. The molecule has 4 rings (SSSR count). The van der Waals surface area contributed by atoms with Gasteiger partial charge >= 0.3 is 12.2 Å². The number of anilines is 3.